The fraction of sp³-hybridized carbons (Fsp3) is 0.471. The van der Waals surface area contributed by atoms with Crippen molar-refractivity contribution in [3.05, 3.63) is 48.3 Å². The molecule has 1 aliphatic carbocycles. The summed E-state index contributed by atoms with van der Waals surface area (Å²) in [4.78, 5) is 0. The van der Waals surface area contributed by atoms with Gasteiger partial charge in [-0.15, -0.1) is 0 Å². The van der Waals surface area contributed by atoms with Crippen molar-refractivity contribution in [1.29, 1.82) is 0 Å². The van der Waals surface area contributed by atoms with Gasteiger partial charge in [0.15, 0.2) is 0 Å². The van der Waals surface area contributed by atoms with E-state index in [2.05, 4.69) is 42.6 Å². The summed E-state index contributed by atoms with van der Waals surface area (Å²) in [5.74, 6) is 6.45. The molecule has 4 nitrogen and oxygen atoms in total. The van der Waals surface area contributed by atoms with Crippen molar-refractivity contribution in [2.45, 2.75) is 39.2 Å². The molecule has 2 aromatic rings. The summed E-state index contributed by atoms with van der Waals surface area (Å²) in [6, 6.07) is 12.4. The summed E-state index contributed by atoms with van der Waals surface area (Å²) in [5, 5.41) is 4.50. The van der Waals surface area contributed by atoms with Gasteiger partial charge in [-0.1, -0.05) is 38.5 Å². The summed E-state index contributed by atoms with van der Waals surface area (Å²) in [6.07, 6.45) is 5.60. The van der Waals surface area contributed by atoms with E-state index in [-0.39, 0.29) is 6.04 Å². The fourth-order valence-corrected chi connectivity index (χ4v) is 3.71. The van der Waals surface area contributed by atoms with Crippen molar-refractivity contribution in [1.82, 2.24) is 15.2 Å². The van der Waals surface area contributed by atoms with Crippen LogP contribution in [-0.2, 0) is 0 Å². The number of aromatic nitrogens is 2. The van der Waals surface area contributed by atoms with Crippen LogP contribution in [0.3, 0.4) is 0 Å². The molecule has 1 aromatic heterocycles. The normalized spacial score (nSPS) is 22.3. The van der Waals surface area contributed by atoms with Gasteiger partial charge in [0.05, 0.1) is 17.4 Å². The maximum absolute atomic E-state index is 5.92. The molecule has 2 atom stereocenters. The molecule has 0 spiro atoms. The SMILES string of the molecule is CC1(C)CCCC1C(NN)c1ccnn1-c1ccccc1. The molecule has 0 saturated heterocycles. The zero-order chi connectivity index (χ0) is 14.9. The Bertz CT molecular complexity index is 588. The van der Waals surface area contributed by atoms with Crippen molar-refractivity contribution in [2.24, 2.45) is 17.2 Å². The first-order valence-electron chi connectivity index (χ1n) is 7.69. The van der Waals surface area contributed by atoms with Gasteiger partial charge < -0.3 is 0 Å². The molecule has 0 amide bonds. The van der Waals surface area contributed by atoms with E-state index >= 15 is 0 Å². The van der Waals surface area contributed by atoms with E-state index in [9.17, 15) is 0 Å². The summed E-state index contributed by atoms with van der Waals surface area (Å²) in [6.45, 7) is 4.69. The lowest BCUT2D eigenvalue weighted by atomic mass is 9.76. The van der Waals surface area contributed by atoms with Gasteiger partial charge in [0, 0.05) is 6.20 Å². The van der Waals surface area contributed by atoms with E-state index in [1.807, 2.05) is 29.1 Å². The van der Waals surface area contributed by atoms with Gasteiger partial charge in [-0.05, 0) is 42.4 Å². The molecular formula is C17H24N4. The van der Waals surface area contributed by atoms with E-state index < -0.39 is 0 Å². The van der Waals surface area contributed by atoms with E-state index in [0.717, 1.165) is 11.4 Å². The Labute approximate surface area is 126 Å². The molecule has 1 aliphatic rings. The van der Waals surface area contributed by atoms with Gasteiger partial charge >= 0.3 is 0 Å². The highest BCUT2D eigenvalue weighted by atomic mass is 15.3. The minimum Gasteiger partial charge on any atom is -0.271 e. The Balaban J connectivity index is 1.98. The zero-order valence-electron chi connectivity index (χ0n) is 12.8. The second kappa shape index (κ2) is 5.62. The number of nitrogens with one attached hydrogen (secondary N) is 1. The van der Waals surface area contributed by atoms with Crippen LogP contribution in [-0.4, -0.2) is 9.78 Å². The predicted octanol–water partition coefficient (Wildman–Crippen LogP) is 3.20. The van der Waals surface area contributed by atoms with Crippen LogP contribution in [0.25, 0.3) is 5.69 Å². The molecule has 0 bridgehead atoms. The predicted molar refractivity (Wildman–Crippen MR) is 84.8 cm³/mol. The van der Waals surface area contributed by atoms with Crippen molar-refractivity contribution in [2.75, 3.05) is 0 Å². The van der Waals surface area contributed by atoms with Crippen LogP contribution in [0.1, 0.15) is 44.8 Å². The van der Waals surface area contributed by atoms with Crippen LogP contribution >= 0.6 is 0 Å². The minimum atomic E-state index is 0.130. The third-order valence-corrected chi connectivity index (χ3v) is 4.91. The zero-order valence-corrected chi connectivity index (χ0v) is 12.8. The second-order valence-corrected chi connectivity index (χ2v) is 6.64. The average molecular weight is 284 g/mol. The number of nitrogens with zero attached hydrogens (tertiary/aromatic N) is 2. The van der Waals surface area contributed by atoms with Gasteiger partial charge in [0.1, 0.15) is 0 Å². The first kappa shape index (κ1) is 14.3. The Morgan fingerprint density at radius 3 is 2.67 bits per heavy atom. The number of hydrogen-bond donors (Lipinski definition) is 2. The van der Waals surface area contributed by atoms with Gasteiger partial charge in [-0.3, -0.25) is 11.3 Å². The van der Waals surface area contributed by atoms with Gasteiger partial charge in [0.25, 0.3) is 0 Å². The van der Waals surface area contributed by atoms with Gasteiger partial charge in [-0.2, -0.15) is 5.10 Å². The summed E-state index contributed by atoms with van der Waals surface area (Å²) in [7, 11) is 0. The molecule has 1 heterocycles. The Morgan fingerprint density at radius 2 is 2.05 bits per heavy atom. The number of hydrazine groups is 1. The first-order chi connectivity index (χ1) is 10.1. The summed E-state index contributed by atoms with van der Waals surface area (Å²) in [5.41, 5.74) is 5.58. The highest BCUT2D eigenvalue weighted by Crippen LogP contribution is 2.48. The molecule has 4 heteroatoms. The topological polar surface area (TPSA) is 55.9 Å². The quantitative estimate of drug-likeness (QED) is 0.669. The number of benzene rings is 1. The average Bonchev–Trinajstić information content (AvgIpc) is 3.09. The Kier molecular flexibility index (Phi) is 3.83. The highest BCUT2D eigenvalue weighted by Gasteiger charge is 2.40. The van der Waals surface area contributed by atoms with Gasteiger partial charge in [-0.25, -0.2) is 4.68 Å². The Morgan fingerprint density at radius 1 is 1.29 bits per heavy atom. The molecule has 21 heavy (non-hydrogen) atoms. The van der Waals surface area contributed by atoms with Crippen molar-refractivity contribution in [3.63, 3.8) is 0 Å². The lowest BCUT2D eigenvalue weighted by Gasteiger charge is -2.34. The van der Waals surface area contributed by atoms with Crippen LogP contribution in [0.4, 0.5) is 0 Å². The van der Waals surface area contributed by atoms with Crippen molar-refractivity contribution < 1.29 is 0 Å². The number of rotatable bonds is 4. The molecule has 3 N–H and O–H groups in total. The van der Waals surface area contributed by atoms with Crippen molar-refractivity contribution in [3.8, 4) is 5.69 Å². The molecular weight excluding hydrogens is 260 g/mol. The van der Waals surface area contributed by atoms with Crippen LogP contribution in [0.2, 0.25) is 0 Å². The molecule has 1 fully saturated rings. The highest BCUT2D eigenvalue weighted by molar-refractivity contribution is 5.33. The largest absolute Gasteiger partial charge is 0.271 e. The van der Waals surface area contributed by atoms with Crippen LogP contribution < -0.4 is 11.3 Å². The molecule has 1 saturated carbocycles. The molecule has 0 aliphatic heterocycles. The molecule has 2 unspecified atom stereocenters. The first-order valence-corrected chi connectivity index (χ1v) is 7.69. The van der Waals surface area contributed by atoms with Crippen LogP contribution in [0.5, 0.6) is 0 Å². The lowest BCUT2D eigenvalue weighted by molar-refractivity contribution is 0.194. The monoisotopic (exact) mass is 284 g/mol. The van der Waals surface area contributed by atoms with Crippen LogP contribution in [0, 0.1) is 11.3 Å². The number of nitrogens with two attached hydrogens (primary N) is 1. The van der Waals surface area contributed by atoms with E-state index in [1.54, 1.807) is 0 Å². The smallest absolute Gasteiger partial charge is 0.0666 e. The molecule has 112 valence electrons. The van der Waals surface area contributed by atoms with Crippen LogP contribution in [0.15, 0.2) is 42.6 Å². The molecule has 0 radical (unpaired) electrons. The standard InChI is InChI=1S/C17H24N4/c1-17(2)11-6-9-14(17)16(20-18)15-10-12-19-21(15)13-7-4-3-5-8-13/h3-5,7-8,10,12,14,16,20H,6,9,11,18H2,1-2H3. The maximum Gasteiger partial charge on any atom is 0.0666 e. The van der Waals surface area contributed by atoms with E-state index in [4.69, 9.17) is 5.84 Å². The number of hydrogen-bond acceptors (Lipinski definition) is 3. The number of para-hydroxylation sites is 1. The fourth-order valence-electron chi connectivity index (χ4n) is 3.71. The molecule has 3 rings (SSSR count). The third-order valence-electron chi connectivity index (χ3n) is 4.91. The second-order valence-electron chi connectivity index (χ2n) is 6.64. The summed E-state index contributed by atoms with van der Waals surface area (Å²) < 4.78 is 2.00. The summed E-state index contributed by atoms with van der Waals surface area (Å²) >= 11 is 0. The van der Waals surface area contributed by atoms with Gasteiger partial charge in [0.2, 0.25) is 0 Å². The third kappa shape index (κ3) is 2.61. The van der Waals surface area contributed by atoms with E-state index in [0.29, 0.717) is 11.3 Å². The Hall–Kier alpha value is -1.65. The minimum absolute atomic E-state index is 0.130. The maximum atomic E-state index is 5.92. The lowest BCUT2D eigenvalue weighted by Crippen LogP contribution is -2.38. The van der Waals surface area contributed by atoms with Crippen molar-refractivity contribution >= 4 is 0 Å². The van der Waals surface area contributed by atoms with E-state index in [1.165, 1.54) is 19.3 Å². The molecule has 1 aromatic carbocycles.